The van der Waals surface area contributed by atoms with Gasteiger partial charge in [-0.05, 0) is 74.5 Å². The van der Waals surface area contributed by atoms with Gasteiger partial charge in [0, 0.05) is 28.3 Å². The first-order chi connectivity index (χ1) is 19.1. The van der Waals surface area contributed by atoms with Crippen molar-refractivity contribution in [3.63, 3.8) is 0 Å². The fourth-order valence-electron chi connectivity index (χ4n) is 5.34. The summed E-state index contributed by atoms with van der Waals surface area (Å²) in [5.41, 5.74) is 0.666. The summed E-state index contributed by atoms with van der Waals surface area (Å²) in [6.45, 7) is 0.925. The summed E-state index contributed by atoms with van der Waals surface area (Å²) in [5.74, 6) is 0.869. The lowest BCUT2D eigenvalue weighted by atomic mass is 9.71. The molecule has 1 saturated heterocycles. The van der Waals surface area contributed by atoms with Crippen LogP contribution < -0.4 is 4.74 Å². The number of pyridine rings is 1. The molecule has 40 heavy (non-hydrogen) atoms. The summed E-state index contributed by atoms with van der Waals surface area (Å²) in [5, 5.41) is 20.0. The topological polar surface area (TPSA) is 82.9 Å². The number of halogens is 4. The molecule has 0 spiro atoms. The van der Waals surface area contributed by atoms with Crippen LogP contribution in [0.25, 0.3) is 10.9 Å². The van der Waals surface area contributed by atoms with Crippen molar-refractivity contribution in [3.8, 4) is 17.6 Å². The zero-order chi connectivity index (χ0) is 28.9. The SMILES string of the molecule is COc1ccc2ncc(CO)c(C(F)CCC3(CC(=O)O)CCN(CC#Cc4cc(F)c(F)c(F)c4)CC3)c2c1. The van der Waals surface area contributed by atoms with E-state index in [1.54, 1.807) is 18.2 Å². The van der Waals surface area contributed by atoms with Crippen molar-refractivity contribution in [1.29, 1.82) is 0 Å². The number of hydrogen-bond acceptors (Lipinski definition) is 5. The number of carbonyl (C=O) groups is 1. The average molecular weight is 559 g/mol. The summed E-state index contributed by atoms with van der Waals surface area (Å²) >= 11 is 0. The highest BCUT2D eigenvalue weighted by Crippen LogP contribution is 2.43. The van der Waals surface area contributed by atoms with E-state index in [1.165, 1.54) is 13.3 Å². The van der Waals surface area contributed by atoms with Crippen molar-refractivity contribution in [3.05, 3.63) is 70.7 Å². The fraction of sp³-hybridized carbons (Fsp3) is 0.400. The zero-order valence-electron chi connectivity index (χ0n) is 22.0. The van der Waals surface area contributed by atoms with Gasteiger partial charge in [0.05, 0.1) is 32.2 Å². The van der Waals surface area contributed by atoms with Crippen LogP contribution in [0.4, 0.5) is 17.6 Å². The predicted molar refractivity (Wildman–Crippen MR) is 141 cm³/mol. The maximum atomic E-state index is 15.9. The predicted octanol–water partition coefficient (Wildman–Crippen LogP) is 5.55. The van der Waals surface area contributed by atoms with Crippen molar-refractivity contribution in [2.75, 3.05) is 26.7 Å². The molecular formula is C30H30F4N2O4. The van der Waals surface area contributed by atoms with Crippen LogP contribution >= 0.6 is 0 Å². The largest absolute Gasteiger partial charge is 0.497 e. The highest BCUT2D eigenvalue weighted by Gasteiger charge is 2.37. The van der Waals surface area contributed by atoms with E-state index in [2.05, 4.69) is 16.8 Å². The number of ether oxygens (including phenoxy) is 1. The number of aliphatic carboxylic acids is 1. The van der Waals surface area contributed by atoms with E-state index >= 15 is 4.39 Å². The average Bonchev–Trinajstić information content (AvgIpc) is 2.94. The smallest absolute Gasteiger partial charge is 0.303 e. The molecule has 1 aromatic heterocycles. The number of methoxy groups -OCH3 is 1. The van der Waals surface area contributed by atoms with Crippen molar-refractivity contribution < 1.29 is 37.3 Å². The first kappa shape index (κ1) is 29.3. The number of benzene rings is 2. The molecule has 1 fully saturated rings. The minimum Gasteiger partial charge on any atom is -0.497 e. The van der Waals surface area contributed by atoms with E-state index in [0.717, 1.165) is 12.1 Å². The van der Waals surface area contributed by atoms with Gasteiger partial charge in [-0.3, -0.25) is 14.7 Å². The van der Waals surface area contributed by atoms with Gasteiger partial charge in [0.1, 0.15) is 11.9 Å². The highest BCUT2D eigenvalue weighted by molar-refractivity contribution is 5.85. The summed E-state index contributed by atoms with van der Waals surface area (Å²) in [7, 11) is 1.51. The van der Waals surface area contributed by atoms with Crippen LogP contribution in [0.15, 0.2) is 36.5 Å². The molecule has 3 aromatic rings. The summed E-state index contributed by atoms with van der Waals surface area (Å²) in [6.07, 6.45) is 1.30. The molecule has 6 nitrogen and oxygen atoms in total. The zero-order valence-corrected chi connectivity index (χ0v) is 22.0. The molecule has 0 saturated carbocycles. The molecule has 2 aromatic carbocycles. The maximum absolute atomic E-state index is 15.9. The Morgan fingerprint density at radius 1 is 1.18 bits per heavy atom. The van der Waals surface area contributed by atoms with E-state index in [0.29, 0.717) is 60.1 Å². The van der Waals surface area contributed by atoms with Crippen molar-refractivity contribution in [1.82, 2.24) is 9.88 Å². The van der Waals surface area contributed by atoms with Gasteiger partial charge < -0.3 is 14.9 Å². The number of nitrogens with zero attached hydrogens (tertiary/aromatic N) is 2. The monoisotopic (exact) mass is 558 g/mol. The third-order valence-corrected chi connectivity index (χ3v) is 7.57. The van der Waals surface area contributed by atoms with Crippen molar-refractivity contribution in [2.45, 2.75) is 44.9 Å². The molecule has 1 unspecified atom stereocenters. The van der Waals surface area contributed by atoms with Crippen LogP contribution in [0, 0.1) is 34.7 Å². The molecule has 0 aliphatic carbocycles. The molecular weight excluding hydrogens is 528 g/mol. The third-order valence-electron chi connectivity index (χ3n) is 7.57. The Morgan fingerprint density at radius 2 is 1.88 bits per heavy atom. The van der Waals surface area contributed by atoms with Crippen LogP contribution in [0.1, 0.15) is 55.0 Å². The Labute approximate surface area is 229 Å². The van der Waals surface area contributed by atoms with Crippen LogP contribution in [-0.4, -0.2) is 52.8 Å². The van der Waals surface area contributed by atoms with Crippen LogP contribution in [0.2, 0.25) is 0 Å². The Hall–Kier alpha value is -3.68. The molecule has 0 bridgehead atoms. The third kappa shape index (κ3) is 6.72. The number of fused-ring (bicyclic) bond motifs is 1. The van der Waals surface area contributed by atoms with Gasteiger partial charge >= 0.3 is 5.97 Å². The molecule has 0 radical (unpaired) electrons. The van der Waals surface area contributed by atoms with Gasteiger partial charge in [-0.25, -0.2) is 17.6 Å². The van der Waals surface area contributed by atoms with Gasteiger partial charge in [-0.1, -0.05) is 11.8 Å². The highest BCUT2D eigenvalue weighted by atomic mass is 19.2. The number of alkyl halides is 1. The number of carboxylic acids is 1. The number of aliphatic hydroxyl groups is 1. The lowest BCUT2D eigenvalue weighted by Gasteiger charge is -2.41. The van der Waals surface area contributed by atoms with Crippen molar-refractivity contribution in [2.24, 2.45) is 5.41 Å². The van der Waals surface area contributed by atoms with E-state index in [-0.39, 0.29) is 31.6 Å². The quantitative estimate of drug-likeness (QED) is 0.204. The molecule has 4 rings (SSSR count). The molecule has 2 heterocycles. The minimum atomic E-state index is -1.55. The molecule has 1 aliphatic rings. The normalized spacial score (nSPS) is 15.8. The standard InChI is InChI=1S/C30H30F4N2O4/c1-40-21-4-5-26-22(15-21)28(20(18-37)17-35-26)23(31)6-7-30(16-27(38)39)8-11-36(12-9-30)10-2-3-19-13-24(32)29(34)25(33)14-19/h4-5,13-15,17,23,37H,6-12,16,18H2,1H3,(H,38,39). The van der Waals surface area contributed by atoms with Gasteiger partial charge in [0.2, 0.25) is 0 Å². The Balaban J connectivity index is 1.45. The van der Waals surface area contributed by atoms with Gasteiger partial charge in [-0.2, -0.15) is 0 Å². The van der Waals surface area contributed by atoms with Gasteiger partial charge in [0.15, 0.2) is 17.5 Å². The minimum absolute atomic E-state index is 0.0196. The molecule has 212 valence electrons. The number of likely N-dealkylation sites (tertiary alicyclic amines) is 1. The number of hydrogen-bond donors (Lipinski definition) is 2. The lowest BCUT2D eigenvalue weighted by molar-refractivity contribution is -0.141. The van der Waals surface area contributed by atoms with Crippen molar-refractivity contribution >= 4 is 16.9 Å². The summed E-state index contributed by atoms with van der Waals surface area (Å²) in [4.78, 5) is 18.0. The van der Waals surface area contributed by atoms with Crippen LogP contribution in [-0.2, 0) is 11.4 Å². The number of aliphatic hydroxyl groups excluding tert-OH is 1. The van der Waals surface area contributed by atoms with E-state index in [4.69, 9.17) is 4.74 Å². The first-order valence-corrected chi connectivity index (χ1v) is 12.9. The van der Waals surface area contributed by atoms with Gasteiger partial charge in [-0.15, -0.1) is 0 Å². The van der Waals surface area contributed by atoms with E-state index in [1.807, 2.05) is 4.90 Å². The molecule has 0 amide bonds. The molecule has 10 heteroatoms. The van der Waals surface area contributed by atoms with Gasteiger partial charge in [0.25, 0.3) is 0 Å². The Morgan fingerprint density at radius 3 is 2.50 bits per heavy atom. The van der Waals surface area contributed by atoms with Crippen LogP contribution in [0.3, 0.4) is 0 Å². The molecule has 2 N–H and O–H groups in total. The summed E-state index contributed by atoms with van der Waals surface area (Å²) < 4.78 is 61.1. The Bertz CT molecular complexity index is 1420. The van der Waals surface area contributed by atoms with E-state index < -0.39 is 35.0 Å². The second-order valence-corrected chi connectivity index (χ2v) is 10.1. The number of carboxylic acid groups (broad SMARTS) is 1. The number of aromatic nitrogens is 1. The second-order valence-electron chi connectivity index (χ2n) is 10.1. The molecule has 1 atom stereocenters. The first-order valence-electron chi connectivity index (χ1n) is 12.9. The Kier molecular flexibility index (Phi) is 9.28. The number of rotatable bonds is 9. The maximum Gasteiger partial charge on any atom is 0.303 e. The second kappa shape index (κ2) is 12.7. The van der Waals surface area contributed by atoms with Crippen LogP contribution in [0.5, 0.6) is 5.75 Å². The van der Waals surface area contributed by atoms with E-state index in [9.17, 15) is 28.2 Å². The lowest BCUT2D eigenvalue weighted by Crippen LogP contribution is -2.41. The summed E-state index contributed by atoms with van der Waals surface area (Å²) in [6, 6.07) is 6.79. The fourth-order valence-corrected chi connectivity index (χ4v) is 5.34. The molecule has 1 aliphatic heterocycles. The number of piperidine rings is 1.